The van der Waals surface area contributed by atoms with Crippen LogP contribution < -0.4 is 16.0 Å². The molecule has 11 heterocycles. The van der Waals surface area contributed by atoms with Gasteiger partial charge in [0.15, 0.2) is 69.2 Å². The Labute approximate surface area is 725 Å². The van der Waals surface area contributed by atoms with Crippen molar-refractivity contribution in [2.75, 3.05) is 52.9 Å². The fourth-order valence-corrected chi connectivity index (χ4v) is 16.9. The largest absolute Gasteiger partial charge is 0.394 e. The lowest BCUT2D eigenvalue weighted by Crippen LogP contribution is -2.72. The van der Waals surface area contributed by atoms with E-state index in [9.17, 15) is 162 Å². The summed E-state index contributed by atoms with van der Waals surface area (Å²) in [6, 6.07) is -6.14. The molecule has 3 amide bonds. The Kier molecular flexibility index (Phi) is 37.0. The fraction of sp³-hybridized carbons (Fsp3) is 0.958. The van der Waals surface area contributed by atoms with E-state index >= 15 is 0 Å². The normalized spacial score (nSPS) is 51.6. The molecule has 742 valence electrons. The molecule has 56 heteroatoms. The van der Waals surface area contributed by atoms with Crippen LogP contribution in [-0.4, -0.2) is 556 Å². The number of rotatable bonds is 31. The van der Waals surface area contributed by atoms with Crippen LogP contribution in [0.15, 0.2) is 0 Å². The standard InChI is InChI=1S/C72H121N3O53/c1-15-32(86)39(93)46(100)66(109-15)121-55-26(12-81)117-64(31(75-20(6)85)59(55)126-70-50(104)43(97)36(90)22(8-77)114-70)127-60-37(91)23(9-78)115-71(51(60)105)123-54-25(11-80)116-63(29(73-18(4)83)57(54)124-67-47(101)40(94)33(87)16(2)110-67)108-14-28-38(92)61(52(106)72(119-28)120-53-24(10-79)112-62(107)45(99)44(53)98)128-65-30(74-19(5)84)58(125-68-48(102)41(95)34(88)17(3)111-68)56(27(13-82)118-65)122-69-49(103)42(96)35(89)21(7-76)113-69/h15-17,21-72,76-82,86-107H,7-14H2,1-6H3,(H,73,83)(H,74,84)(H,75,85)/t15-,16-,17-,21+,22+,23+,24+,25+,26+,27+,28+,29+,30+,31+,32+,33+,34+,35-,36-,37-,38-,39+,40+,41+,42-,43-,44+,45+,46-,47-,48-,49+,50+,51+,52+,53+,54+,55+,56+,57+,58+,59+,60-,61-,62?,63+,64?,65-,66-,67-,68-,69-,70-,71-,72-/m0/s1. The SMILES string of the molecule is CC(=O)N[C@H]1[C@H](O[C@H]2[C@@H](O)[C@@H](CO[C@@H]3O[C@H](CO)[C@@H](O[C@@H]4O[C@H](CO)[C@H](O)[C@H](OC5O[C@H](CO)[C@@H](O[C@@H]6O[C@@H](C)[C@@H](O)[C@@H](O)[C@@H]6O)[C@H](O[C@@H]6O[C@H](CO)[C@H](O)[C@H](O)[C@H]6O)[C@H]5NC(C)=O)[C@H]4O)[C@H](O[C@@H]4O[C@@H](C)[C@@H](O)[C@@H](O)[C@@H]4O)[C@H]3NC(C)=O)O[C@@H](O[C@H]3[C@H](O)[C@@H](O)C(O)O[C@@H]3CO)[C@@H]2O)O[C@H](CO)[C@@H](O[C@@H]2O[C@H](CO)[C@H](O)[C@H](O)[C@H]2O)[C@@H]1O[C@@H]1O[C@@H](C)[C@@H](O)[C@@H](O)[C@@H]1O. The van der Waals surface area contributed by atoms with Crippen LogP contribution in [0.1, 0.15) is 41.5 Å². The molecule has 11 aliphatic heterocycles. The second-order valence-corrected chi connectivity index (χ2v) is 33.0. The summed E-state index contributed by atoms with van der Waals surface area (Å²) in [7, 11) is 0. The molecular weight excluding hydrogens is 1750 g/mol. The van der Waals surface area contributed by atoms with Gasteiger partial charge < -0.3 is 264 Å². The Balaban J connectivity index is 0.936. The predicted molar refractivity (Wildman–Crippen MR) is 393 cm³/mol. The smallest absolute Gasteiger partial charge is 0.217 e. The summed E-state index contributed by atoms with van der Waals surface area (Å²) < 4.78 is 127. The maximum Gasteiger partial charge on any atom is 0.217 e. The number of hydrogen-bond donors (Lipinski definition) is 32. The summed E-state index contributed by atoms with van der Waals surface area (Å²) in [5.74, 6) is -3.07. The molecule has 0 bridgehead atoms. The van der Waals surface area contributed by atoms with E-state index in [1.54, 1.807) is 0 Å². The van der Waals surface area contributed by atoms with Gasteiger partial charge in [-0.2, -0.15) is 0 Å². The average Bonchev–Trinajstić information content (AvgIpc) is 0.762. The lowest BCUT2D eigenvalue weighted by atomic mass is 9.93. The van der Waals surface area contributed by atoms with Gasteiger partial charge in [0, 0.05) is 20.8 Å². The zero-order valence-electron chi connectivity index (χ0n) is 69.2. The Morgan fingerprint density at radius 2 is 0.453 bits per heavy atom. The monoisotopic (exact) mass is 1880 g/mol. The van der Waals surface area contributed by atoms with Gasteiger partial charge in [0.2, 0.25) is 17.7 Å². The topological polar surface area (TPSA) is 868 Å². The van der Waals surface area contributed by atoms with Gasteiger partial charge in [0.05, 0.1) is 71.2 Å². The van der Waals surface area contributed by atoms with Crippen molar-refractivity contribution in [2.24, 2.45) is 0 Å². The number of amides is 3. The Morgan fingerprint density at radius 3 is 0.773 bits per heavy atom. The summed E-state index contributed by atoms with van der Waals surface area (Å²) in [6.45, 7) is -2.94. The highest BCUT2D eigenvalue weighted by molar-refractivity contribution is 5.74. The van der Waals surface area contributed by atoms with E-state index in [2.05, 4.69) is 16.0 Å². The highest BCUT2D eigenvalue weighted by Gasteiger charge is 2.63. The van der Waals surface area contributed by atoms with Gasteiger partial charge in [0.1, 0.15) is 250 Å². The molecule has 0 saturated carbocycles. The van der Waals surface area contributed by atoms with E-state index in [4.69, 9.17) is 99.5 Å². The fourth-order valence-electron chi connectivity index (χ4n) is 16.9. The summed E-state index contributed by atoms with van der Waals surface area (Å²) in [4.78, 5) is 40.8. The lowest BCUT2D eigenvalue weighted by molar-refractivity contribution is -0.397. The number of aliphatic hydroxyl groups is 29. The molecule has 0 radical (unpaired) electrons. The molecule has 128 heavy (non-hydrogen) atoms. The van der Waals surface area contributed by atoms with Crippen molar-refractivity contribution in [1.82, 2.24) is 16.0 Å². The molecule has 56 nitrogen and oxygen atoms in total. The van der Waals surface area contributed by atoms with Crippen LogP contribution in [0.4, 0.5) is 0 Å². The summed E-state index contributed by atoms with van der Waals surface area (Å²) in [5.41, 5.74) is 0. The maximum absolute atomic E-state index is 13.8. The third kappa shape index (κ3) is 22.5. The van der Waals surface area contributed by atoms with Crippen molar-refractivity contribution >= 4 is 17.7 Å². The van der Waals surface area contributed by atoms with Gasteiger partial charge in [0.25, 0.3) is 0 Å². The van der Waals surface area contributed by atoms with Crippen LogP contribution in [0.5, 0.6) is 0 Å². The highest BCUT2D eigenvalue weighted by atomic mass is 16.8. The third-order valence-corrected chi connectivity index (χ3v) is 24.1. The Morgan fingerprint density at radius 1 is 0.219 bits per heavy atom. The van der Waals surface area contributed by atoms with Crippen molar-refractivity contribution in [2.45, 2.75) is 379 Å². The van der Waals surface area contributed by atoms with Crippen LogP contribution in [-0.2, 0) is 114 Å². The molecule has 0 spiro atoms. The molecule has 11 aliphatic rings. The molecular formula is C72H121N3O53. The molecule has 11 fully saturated rings. The predicted octanol–water partition coefficient (Wildman–Crippen LogP) is -21.5. The minimum Gasteiger partial charge on any atom is -0.394 e. The summed E-state index contributed by atoms with van der Waals surface area (Å²) in [6.07, 6.45) is -108. The van der Waals surface area contributed by atoms with Crippen molar-refractivity contribution in [3.05, 3.63) is 0 Å². The minimum atomic E-state index is -2.53. The first-order chi connectivity index (χ1) is 60.5. The second kappa shape index (κ2) is 45.1. The van der Waals surface area contributed by atoms with E-state index in [-0.39, 0.29) is 0 Å². The molecule has 2 unspecified atom stereocenters. The average molecular weight is 1880 g/mol. The first-order valence-corrected chi connectivity index (χ1v) is 41.2. The number of carbonyl (C=O) groups is 3. The first-order valence-electron chi connectivity index (χ1n) is 41.2. The zero-order valence-corrected chi connectivity index (χ0v) is 69.2. The van der Waals surface area contributed by atoms with Crippen LogP contribution in [0.3, 0.4) is 0 Å². The van der Waals surface area contributed by atoms with Gasteiger partial charge in [-0.15, -0.1) is 0 Å². The number of aliphatic hydroxyl groups excluding tert-OH is 29. The molecule has 11 saturated heterocycles. The zero-order chi connectivity index (χ0) is 94.1. The van der Waals surface area contributed by atoms with Crippen LogP contribution in [0.2, 0.25) is 0 Å². The second-order valence-electron chi connectivity index (χ2n) is 33.0. The van der Waals surface area contributed by atoms with E-state index in [0.717, 1.165) is 20.8 Å². The molecule has 0 aliphatic carbocycles. The molecule has 11 rings (SSSR count). The van der Waals surface area contributed by atoms with Gasteiger partial charge >= 0.3 is 0 Å². The number of hydrogen-bond acceptors (Lipinski definition) is 53. The van der Waals surface area contributed by atoms with E-state index in [1.807, 2.05) is 0 Å². The summed E-state index contributed by atoms with van der Waals surface area (Å²) in [5, 5.41) is 331. The number of nitrogens with one attached hydrogen (secondary N) is 3. The molecule has 0 aromatic heterocycles. The molecule has 55 atom stereocenters. The van der Waals surface area contributed by atoms with Crippen LogP contribution in [0.25, 0.3) is 0 Å². The third-order valence-electron chi connectivity index (χ3n) is 24.1. The molecule has 0 aromatic rings. The van der Waals surface area contributed by atoms with Crippen LogP contribution in [0, 0.1) is 0 Å². The quantitative estimate of drug-likeness (QED) is 0.0306. The van der Waals surface area contributed by atoms with Crippen molar-refractivity contribution < 1.29 is 262 Å². The Hall–Kier alpha value is -3.59. The van der Waals surface area contributed by atoms with E-state index < -0.39 is 408 Å². The first kappa shape index (κ1) is 105. The lowest BCUT2D eigenvalue weighted by Gasteiger charge is -2.52. The van der Waals surface area contributed by atoms with Crippen molar-refractivity contribution in [1.29, 1.82) is 0 Å². The Bertz CT molecular complexity index is 3460. The van der Waals surface area contributed by atoms with E-state index in [1.165, 1.54) is 20.8 Å². The van der Waals surface area contributed by atoms with Gasteiger partial charge in [-0.3, -0.25) is 14.4 Å². The van der Waals surface area contributed by atoms with Crippen molar-refractivity contribution in [3.8, 4) is 0 Å². The van der Waals surface area contributed by atoms with Gasteiger partial charge in [-0.25, -0.2) is 0 Å². The number of carbonyl (C=O) groups excluding carboxylic acids is 3. The van der Waals surface area contributed by atoms with Crippen molar-refractivity contribution in [3.63, 3.8) is 0 Å². The van der Waals surface area contributed by atoms with Gasteiger partial charge in [-0.1, -0.05) is 0 Å². The summed E-state index contributed by atoms with van der Waals surface area (Å²) >= 11 is 0. The van der Waals surface area contributed by atoms with Crippen LogP contribution >= 0.6 is 0 Å². The molecule has 32 N–H and O–H groups in total. The van der Waals surface area contributed by atoms with Gasteiger partial charge in [-0.05, 0) is 20.8 Å². The maximum atomic E-state index is 13.8. The highest BCUT2D eigenvalue weighted by Crippen LogP contribution is 2.43. The minimum absolute atomic E-state index is 0.901. The number of ether oxygens (including phenoxy) is 21. The van der Waals surface area contributed by atoms with E-state index in [0.29, 0.717) is 0 Å². The molecule has 0 aromatic carbocycles.